The molecular formula is C60H82N8O23Pt2. The smallest absolute Gasteiger partial charge is 0.677 e. The summed E-state index contributed by atoms with van der Waals surface area (Å²) in [5.41, 5.74) is 21.5. The Hall–Kier alpha value is -8.50. The summed E-state index contributed by atoms with van der Waals surface area (Å²) >= 11 is 0. The average Bonchev–Trinajstić information content (AvgIpc) is 2.01. The SMILES string of the molecule is C/C(=N\NC(=O)CCCCCN1C(=O)C=CC1=O)c1ccc(C(=O)O)cc1.CC(=O)O.CC(=O)O.CC(=O)c1ccc(C(=O)O)cc1.NNC(=O)CCCCCN1C(=O)C=CC1=O.O=C(O)C(=O)O.O=C(O)C(=O)O.[CH2-][C@@H]1CCCC[C@H]1[NH-].[CH2-][C@@H]1CCCC[C@H]1[NH-].[Pt+2].[Pt+2]. The summed E-state index contributed by atoms with van der Waals surface area (Å²) in [6.07, 6.45) is 19.5. The number of aliphatic carboxylic acids is 6. The van der Waals surface area contributed by atoms with Crippen molar-refractivity contribution >= 4 is 94.7 Å². The minimum Gasteiger partial charge on any atom is -0.677 e. The number of nitrogens with two attached hydrogens (primary N) is 1. The predicted molar refractivity (Wildman–Crippen MR) is 326 cm³/mol. The van der Waals surface area contributed by atoms with Crippen LogP contribution in [0, 0.1) is 25.7 Å². The molecule has 4 atom stereocenters. The molecule has 93 heavy (non-hydrogen) atoms. The molecule has 0 spiro atoms. The maximum atomic E-state index is 11.8. The third-order valence-electron chi connectivity index (χ3n) is 12.2. The number of ketones is 1. The number of carbonyl (C=O) groups excluding carboxylic acids is 7. The van der Waals surface area contributed by atoms with Crippen molar-refractivity contribution in [2.24, 2.45) is 22.8 Å². The second-order valence-electron chi connectivity index (χ2n) is 19.6. The molecule has 2 aromatic rings. The molecule has 14 N–H and O–H groups in total. The number of aromatic carboxylic acids is 2. The van der Waals surface area contributed by atoms with Crippen LogP contribution < -0.4 is 16.7 Å². The Kier molecular flexibility index (Phi) is 54.2. The van der Waals surface area contributed by atoms with Gasteiger partial charge in [-0.3, -0.25) is 58.4 Å². The van der Waals surface area contributed by atoms with Crippen LogP contribution in [0.1, 0.15) is 167 Å². The number of nitrogens with zero attached hydrogens (tertiary/aromatic N) is 3. The largest absolute Gasteiger partial charge is 2.00 e. The van der Waals surface area contributed by atoms with Crippen LogP contribution in [0.4, 0.5) is 0 Å². The molecule has 2 fully saturated rings. The van der Waals surface area contributed by atoms with Crippen molar-refractivity contribution < 1.29 is 155 Å². The Morgan fingerprint density at radius 3 is 1.00 bits per heavy atom. The van der Waals surface area contributed by atoms with Gasteiger partial charge in [0, 0.05) is 69.6 Å². The standard InChI is InChI=1S/C19H21N3O5.C10H15N3O3.C9H8O3.2C7H13N.2C2H2O4.2C2H4O2.2Pt/c1-13(14-6-8-15(9-7-14)19(26)27)20-21-16(23)5-3-2-4-12-22-17(24)10-11-18(22)25;11-12-8(14)4-2-1-3-7-13-9(15)5-6-10(13)16;1-6(10)7-2-4-8(5-3-7)9(11)12;2*1-6-4-2-3-5-7(6)8;2*3-1(4)2(5)6;2*1-2(3)4;;/h6-11H,2-5,12H2,1H3,(H,21,23)(H,26,27);5-6H,1-4,7,11H2,(H,12,14);2-5H,1H3,(H,11,12);2*6-8H,1-5H2;2*(H,3,4)(H,5,6);2*1H3,(H,3,4);;/q;;;2*-2;;;;;2*+2/b20-13+;;;;;;;;;;/t;;;2*6-,7-;;;;;;/m...11....../s1. The molecule has 2 saturated carbocycles. The molecule has 520 valence electrons. The zero-order valence-corrected chi connectivity index (χ0v) is 56.2. The quantitative estimate of drug-likeness (QED) is 0.00979. The average molecular weight is 1670 g/mol. The minimum atomic E-state index is -1.82. The van der Waals surface area contributed by atoms with E-state index < -0.39 is 47.8 Å². The number of rotatable bonds is 17. The number of hydrazone groups is 1. The Morgan fingerprint density at radius 2 is 0.753 bits per heavy atom. The van der Waals surface area contributed by atoms with Gasteiger partial charge in [-0.2, -0.15) is 29.0 Å². The Labute approximate surface area is 566 Å². The number of amides is 6. The van der Waals surface area contributed by atoms with Crippen LogP contribution in [0.3, 0.4) is 0 Å². The van der Waals surface area contributed by atoms with Gasteiger partial charge >= 0.3 is 77.9 Å². The van der Waals surface area contributed by atoms with Crippen LogP contribution >= 0.6 is 0 Å². The van der Waals surface area contributed by atoms with Gasteiger partial charge in [0.25, 0.3) is 35.6 Å². The van der Waals surface area contributed by atoms with Gasteiger partial charge in [0.05, 0.1) is 16.8 Å². The Morgan fingerprint density at radius 1 is 0.473 bits per heavy atom. The molecule has 0 saturated heterocycles. The minimum absolute atomic E-state index is 0. The molecule has 0 radical (unpaired) electrons. The molecule has 0 bridgehead atoms. The summed E-state index contributed by atoms with van der Waals surface area (Å²) in [6.45, 7) is 13.9. The van der Waals surface area contributed by atoms with Crippen LogP contribution in [0.2, 0.25) is 0 Å². The number of carboxylic acid groups (broad SMARTS) is 8. The number of unbranched alkanes of at least 4 members (excludes halogenated alkanes) is 4. The van der Waals surface area contributed by atoms with Crippen molar-refractivity contribution in [1.29, 1.82) is 0 Å². The van der Waals surface area contributed by atoms with Crippen molar-refractivity contribution in [2.75, 3.05) is 13.1 Å². The number of hydrogen-bond donors (Lipinski definition) is 11. The number of benzene rings is 2. The molecule has 2 aromatic carbocycles. The van der Waals surface area contributed by atoms with Gasteiger partial charge in [-0.15, -0.1) is 0 Å². The molecule has 2 aliphatic heterocycles. The molecule has 0 aromatic heterocycles. The molecule has 31 nitrogen and oxygen atoms in total. The third kappa shape index (κ3) is 48.9. The van der Waals surface area contributed by atoms with Gasteiger partial charge in [-0.05, 0) is 69.4 Å². The normalized spacial score (nSPS) is 16.1. The number of carboxylic acids is 8. The Bertz CT molecular complexity index is 2670. The molecular weight excluding hydrogens is 1590 g/mol. The first kappa shape index (κ1) is 93.2. The summed E-state index contributed by atoms with van der Waals surface area (Å²) in [5, 5.41) is 65.8. The van der Waals surface area contributed by atoms with Crippen LogP contribution in [-0.4, -0.2) is 171 Å². The first-order valence-corrected chi connectivity index (χ1v) is 28.0. The van der Waals surface area contributed by atoms with E-state index in [0.717, 1.165) is 33.1 Å². The third-order valence-corrected chi connectivity index (χ3v) is 12.2. The van der Waals surface area contributed by atoms with Gasteiger partial charge in [0.2, 0.25) is 11.8 Å². The molecule has 4 aliphatic rings. The van der Waals surface area contributed by atoms with E-state index in [4.69, 9.17) is 86.9 Å². The van der Waals surface area contributed by atoms with Gasteiger partial charge < -0.3 is 66.2 Å². The second kappa shape index (κ2) is 54.1. The number of hydrogen-bond acceptors (Lipinski definition) is 17. The van der Waals surface area contributed by atoms with E-state index in [0.29, 0.717) is 80.3 Å². The summed E-state index contributed by atoms with van der Waals surface area (Å²) in [4.78, 5) is 156. The van der Waals surface area contributed by atoms with Crippen LogP contribution in [0.25, 0.3) is 11.5 Å². The number of hydrazine groups is 1. The summed E-state index contributed by atoms with van der Waals surface area (Å²) in [5.74, 6) is -6.78. The van der Waals surface area contributed by atoms with Gasteiger partial charge in [0.15, 0.2) is 5.78 Å². The summed E-state index contributed by atoms with van der Waals surface area (Å²) in [6, 6.07) is 12.3. The van der Waals surface area contributed by atoms with Crippen LogP contribution in [0.15, 0.2) is 77.9 Å². The van der Waals surface area contributed by atoms with E-state index in [9.17, 15) is 43.2 Å². The fourth-order valence-corrected chi connectivity index (χ4v) is 7.22. The maximum absolute atomic E-state index is 11.8. The van der Waals surface area contributed by atoms with Crippen molar-refractivity contribution in [3.05, 3.63) is 120 Å². The fourth-order valence-electron chi connectivity index (χ4n) is 7.22. The van der Waals surface area contributed by atoms with Gasteiger partial charge in [0.1, 0.15) is 0 Å². The maximum Gasteiger partial charge on any atom is 2.00 e. The zero-order chi connectivity index (χ0) is 70.3. The number of Topliss-reactive ketones (excluding diaryl/α,β-unsaturated/α-hetero) is 1. The van der Waals surface area contributed by atoms with Crippen LogP contribution in [-0.2, 0) is 99.7 Å². The predicted octanol–water partition coefficient (Wildman–Crippen LogP) is 6.11. The summed E-state index contributed by atoms with van der Waals surface area (Å²) < 4.78 is 0. The van der Waals surface area contributed by atoms with Crippen molar-refractivity contribution in [3.8, 4) is 0 Å². The number of carbonyl (C=O) groups is 15. The molecule has 2 heterocycles. The van der Waals surface area contributed by atoms with Gasteiger partial charge in [-0.1, -0.05) is 88.5 Å². The number of nitrogens with one attached hydrogen (secondary N) is 4. The topological polar surface area (TPSA) is 534 Å². The Balaban J connectivity index is -0.000000338. The van der Waals surface area contributed by atoms with Crippen molar-refractivity contribution in [3.63, 3.8) is 0 Å². The van der Waals surface area contributed by atoms with E-state index in [1.807, 2.05) is 5.43 Å². The van der Waals surface area contributed by atoms with E-state index in [1.165, 1.54) is 116 Å². The molecule has 0 unspecified atom stereocenters. The number of imide groups is 2. The summed E-state index contributed by atoms with van der Waals surface area (Å²) in [7, 11) is 0. The molecule has 33 heteroatoms. The van der Waals surface area contributed by atoms with E-state index in [-0.39, 0.29) is 113 Å². The second-order valence-corrected chi connectivity index (χ2v) is 19.6. The van der Waals surface area contributed by atoms with Crippen molar-refractivity contribution in [1.82, 2.24) is 20.7 Å². The van der Waals surface area contributed by atoms with Crippen molar-refractivity contribution in [2.45, 2.75) is 143 Å². The van der Waals surface area contributed by atoms with Gasteiger partial charge in [-0.25, -0.2) is 40.0 Å². The first-order valence-electron chi connectivity index (χ1n) is 28.0. The molecule has 6 rings (SSSR count). The van der Waals surface area contributed by atoms with E-state index in [2.05, 4.69) is 24.4 Å². The molecule has 6 amide bonds. The van der Waals surface area contributed by atoms with E-state index >= 15 is 0 Å². The fraction of sp³-hybridized carbons (Fsp3) is 0.433. The first-order chi connectivity index (χ1) is 42.5. The van der Waals surface area contributed by atoms with Crippen LogP contribution in [0.5, 0.6) is 0 Å². The monoisotopic (exact) mass is 1670 g/mol. The molecule has 2 aliphatic carbocycles. The zero-order valence-electron chi connectivity index (χ0n) is 51.6. The van der Waals surface area contributed by atoms with E-state index in [1.54, 1.807) is 19.1 Å².